The summed E-state index contributed by atoms with van der Waals surface area (Å²) in [5, 5.41) is 4.24. The number of methoxy groups -OCH3 is 2. The van der Waals surface area contributed by atoms with Crippen LogP contribution in [0.2, 0.25) is 0 Å². The third-order valence-corrected chi connectivity index (χ3v) is 5.32. The average Bonchev–Trinajstić information content (AvgIpc) is 3.27. The van der Waals surface area contributed by atoms with Crippen molar-refractivity contribution >= 4 is 22.4 Å². The number of nitrogens with two attached hydrogens (primary N) is 1. The van der Waals surface area contributed by atoms with Gasteiger partial charge in [0.1, 0.15) is 11.5 Å². The molecule has 0 saturated carbocycles. The number of hydrogen-bond acceptors (Lipinski definition) is 7. The van der Waals surface area contributed by atoms with Crippen LogP contribution < -0.4 is 20.1 Å². The number of aromatic nitrogens is 4. The van der Waals surface area contributed by atoms with E-state index in [0.717, 1.165) is 64.6 Å². The van der Waals surface area contributed by atoms with Crippen molar-refractivity contribution in [3.8, 4) is 22.8 Å². The Morgan fingerprint density at radius 1 is 0.938 bits per heavy atom. The minimum atomic E-state index is 0.660. The van der Waals surface area contributed by atoms with Crippen molar-refractivity contribution in [3.63, 3.8) is 0 Å². The first-order chi connectivity index (χ1) is 15.6. The first-order valence-electron chi connectivity index (χ1n) is 10.6. The van der Waals surface area contributed by atoms with Gasteiger partial charge >= 0.3 is 0 Å². The van der Waals surface area contributed by atoms with Gasteiger partial charge in [-0.1, -0.05) is 0 Å². The summed E-state index contributed by atoms with van der Waals surface area (Å²) in [6.07, 6.45) is 7.40. The molecule has 2 aromatic heterocycles. The Balaban J connectivity index is 1.77. The first-order valence-corrected chi connectivity index (χ1v) is 10.6. The highest BCUT2D eigenvalue weighted by molar-refractivity contribution is 5.82. The van der Waals surface area contributed by atoms with Gasteiger partial charge in [0.15, 0.2) is 0 Å². The Morgan fingerprint density at radius 2 is 1.72 bits per heavy atom. The summed E-state index contributed by atoms with van der Waals surface area (Å²) in [4.78, 5) is 11.7. The Bertz CT molecular complexity index is 1180. The molecule has 8 nitrogen and oxygen atoms in total. The molecule has 0 amide bonds. The number of hydrogen-bond donors (Lipinski definition) is 1. The quantitative estimate of drug-likeness (QED) is 0.401. The maximum Gasteiger partial charge on any atom is 0.124 e. The number of fused-ring (bicyclic) bond motifs is 1. The summed E-state index contributed by atoms with van der Waals surface area (Å²) in [6.45, 7) is 1.46. The van der Waals surface area contributed by atoms with Gasteiger partial charge in [-0.3, -0.25) is 9.67 Å². The van der Waals surface area contributed by atoms with Crippen LogP contribution in [0.5, 0.6) is 11.5 Å². The number of unbranched alkanes of at least 4 members (excludes halogenated alkanes) is 1. The van der Waals surface area contributed by atoms with Crippen molar-refractivity contribution in [2.75, 3.05) is 32.2 Å². The summed E-state index contributed by atoms with van der Waals surface area (Å²) in [5.41, 5.74) is 11.1. The molecule has 0 aliphatic heterocycles. The molecule has 4 aromatic rings. The summed E-state index contributed by atoms with van der Waals surface area (Å²) < 4.78 is 12.7. The van der Waals surface area contributed by atoms with E-state index in [1.54, 1.807) is 31.3 Å². The zero-order valence-electron chi connectivity index (χ0n) is 18.7. The van der Waals surface area contributed by atoms with Gasteiger partial charge in [0.05, 0.1) is 43.3 Å². The van der Waals surface area contributed by atoms with E-state index in [2.05, 4.69) is 27.1 Å². The third kappa shape index (κ3) is 4.65. The van der Waals surface area contributed by atoms with Crippen molar-refractivity contribution in [2.24, 2.45) is 12.8 Å². The highest BCUT2D eigenvalue weighted by Gasteiger charge is 2.14. The van der Waals surface area contributed by atoms with E-state index in [1.165, 1.54) is 0 Å². The van der Waals surface area contributed by atoms with Crippen LogP contribution in [0.3, 0.4) is 0 Å². The van der Waals surface area contributed by atoms with Crippen molar-refractivity contribution in [1.29, 1.82) is 0 Å². The Labute approximate surface area is 187 Å². The van der Waals surface area contributed by atoms with Crippen LogP contribution in [0, 0.1) is 0 Å². The van der Waals surface area contributed by atoms with Gasteiger partial charge in [-0.15, -0.1) is 0 Å². The lowest BCUT2D eigenvalue weighted by Gasteiger charge is -2.26. The fraction of sp³-hybridized carbons (Fsp3) is 0.292. The van der Waals surface area contributed by atoms with Gasteiger partial charge in [0, 0.05) is 54.9 Å². The second-order valence-corrected chi connectivity index (χ2v) is 7.55. The number of benzene rings is 2. The van der Waals surface area contributed by atoms with Crippen LogP contribution in [0.4, 0.5) is 11.4 Å². The maximum atomic E-state index is 5.75. The third-order valence-electron chi connectivity index (χ3n) is 5.32. The molecule has 0 fully saturated rings. The molecular weight excluding hydrogens is 404 g/mol. The largest absolute Gasteiger partial charge is 0.497 e. The van der Waals surface area contributed by atoms with Crippen molar-refractivity contribution < 1.29 is 9.47 Å². The van der Waals surface area contributed by atoms with Gasteiger partial charge in [-0.25, -0.2) is 4.98 Å². The zero-order valence-corrected chi connectivity index (χ0v) is 18.7. The fourth-order valence-electron chi connectivity index (χ4n) is 3.63. The lowest BCUT2D eigenvalue weighted by atomic mass is 10.1. The molecule has 2 heterocycles. The van der Waals surface area contributed by atoms with E-state index < -0.39 is 0 Å². The van der Waals surface area contributed by atoms with Crippen LogP contribution in [0.25, 0.3) is 22.3 Å². The number of anilines is 2. The van der Waals surface area contributed by atoms with Crippen LogP contribution in [-0.2, 0) is 7.05 Å². The molecule has 2 N–H and O–H groups in total. The van der Waals surface area contributed by atoms with Gasteiger partial charge in [0.2, 0.25) is 0 Å². The van der Waals surface area contributed by atoms with E-state index in [9.17, 15) is 0 Å². The van der Waals surface area contributed by atoms with E-state index in [4.69, 9.17) is 20.2 Å². The molecule has 0 atom stereocenters. The summed E-state index contributed by atoms with van der Waals surface area (Å²) >= 11 is 0. The molecule has 0 radical (unpaired) electrons. The van der Waals surface area contributed by atoms with Crippen molar-refractivity contribution in [2.45, 2.75) is 12.8 Å². The molecule has 2 aromatic carbocycles. The van der Waals surface area contributed by atoms with Gasteiger partial charge in [0.25, 0.3) is 0 Å². The molecule has 8 heteroatoms. The van der Waals surface area contributed by atoms with E-state index in [1.807, 2.05) is 37.5 Å². The second kappa shape index (κ2) is 9.65. The minimum Gasteiger partial charge on any atom is -0.497 e. The van der Waals surface area contributed by atoms with Crippen LogP contribution in [0.1, 0.15) is 12.8 Å². The highest BCUT2D eigenvalue weighted by atomic mass is 16.5. The molecule has 0 bridgehead atoms. The van der Waals surface area contributed by atoms with Crippen LogP contribution in [-0.4, -0.2) is 47.1 Å². The summed E-state index contributed by atoms with van der Waals surface area (Å²) in [5.74, 6) is 1.48. The molecule has 0 unspecified atom stereocenters. The molecule has 0 spiro atoms. The molecule has 4 rings (SSSR count). The van der Waals surface area contributed by atoms with Crippen LogP contribution in [0.15, 0.2) is 55.0 Å². The molecular formula is C24H28N6O2. The average molecular weight is 433 g/mol. The molecule has 0 saturated heterocycles. The number of nitrogens with zero attached hydrogens (tertiary/aromatic N) is 5. The Hall–Kier alpha value is -3.65. The fourth-order valence-corrected chi connectivity index (χ4v) is 3.63. The number of ether oxygens (including phenoxy) is 2. The lowest BCUT2D eigenvalue weighted by molar-refractivity contribution is 0.394. The monoisotopic (exact) mass is 432 g/mol. The molecule has 0 aliphatic rings. The number of rotatable bonds is 9. The van der Waals surface area contributed by atoms with Crippen molar-refractivity contribution in [1.82, 2.24) is 19.7 Å². The maximum absolute atomic E-state index is 5.75. The first kappa shape index (κ1) is 21.6. The lowest BCUT2D eigenvalue weighted by Crippen LogP contribution is -2.19. The van der Waals surface area contributed by atoms with E-state index in [-0.39, 0.29) is 0 Å². The normalized spacial score (nSPS) is 11.0. The predicted molar refractivity (Wildman–Crippen MR) is 127 cm³/mol. The minimum absolute atomic E-state index is 0.660. The molecule has 32 heavy (non-hydrogen) atoms. The zero-order chi connectivity index (χ0) is 22.5. The van der Waals surface area contributed by atoms with E-state index in [0.29, 0.717) is 6.54 Å². The highest BCUT2D eigenvalue weighted by Crippen LogP contribution is 2.34. The standard InChI is InChI=1S/C24H28N6O2/c1-29-16-17(14-27-29)24-15-26-22-7-6-18(12-23(22)28-24)30(9-5-4-8-25)19-10-20(31-2)13-21(11-19)32-3/h6-7,10-16H,4-5,8-9,25H2,1-3H3. The van der Waals surface area contributed by atoms with Crippen LogP contribution >= 0.6 is 0 Å². The van der Waals surface area contributed by atoms with Gasteiger partial charge in [-0.2, -0.15) is 5.10 Å². The molecule has 0 aliphatic carbocycles. The Kier molecular flexibility index (Phi) is 6.51. The number of aryl methyl sites for hydroxylation is 1. The smallest absolute Gasteiger partial charge is 0.124 e. The predicted octanol–water partition coefficient (Wildman–Crippen LogP) is 3.92. The van der Waals surface area contributed by atoms with Crippen molar-refractivity contribution in [3.05, 3.63) is 55.0 Å². The van der Waals surface area contributed by atoms with Gasteiger partial charge in [-0.05, 0) is 37.6 Å². The van der Waals surface area contributed by atoms with E-state index >= 15 is 0 Å². The SMILES string of the molecule is COc1cc(OC)cc(N(CCCCN)c2ccc3ncc(-c4cnn(C)c4)nc3c2)c1. The molecule has 166 valence electrons. The summed E-state index contributed by atoms with van der Waals surface area (Å²) in [7, 11) is 5.20. The Morgan fingerprint density at radius 3 is 2.38 bits per heavy atom. The summed E-state index contributed by atoms with van der Waals surface area (Å²) in [6, 6.07) is 12.0. The van der Waals surface area contributed by atoms with Gasteiger partial charge < -0.3 is 20.1 Å². The second-order valence-electron chi connectivity index (χ2n) is 7.55. The topological polar surface area (TPSA) is 91.3 Å².